The lowest BCUT2D eigenvalue weighted by molar-refractivity contribution is -0.118. The summed E-state index contributed by atoms with van der Waals surface area (Å²) in [5.41, 5.74) is 5.49. The second kappa shape index (κ2) is 6.85. The van der Waals surface area contributed by atoms with Crippen LogP contribution in [-0.2, 0) is 20.6 Å². The van der Waals surface area contributed by atoms with Gasteiger partial charge in [-0.3, -0.25) is 4.79 Å². The molecule has 19 heavy (non-hydrogen) atoms. The molecule has 0 saturated carbocycles. The molecule has 0 spiro atoms. The van der Waals surface area contributed by atoms with Gasteiger partial charge in [0, 0.05) is 11.6 Å². The van der Waals surface area contributed by atoms with Gasteiger partial charge < -0.3 is 10.8 Å². The van der Waals surface area contributed by atoms with Crippen molar-refractivity contribution in [2.75, 3.05) is 19.7 Å². The molecule has 1 aromatic rings. The van der Waals surface area contributed by atoms with E-state index in [-0.39, 0.29) is 18.9 Å². The lowest BCUT2D eigenvalue weighted by Gasteiger charge is -2.19. The number of nitrogens with zero attached hydrogens (tertiary/aromatic N) is 1. The zero-order valence-electron chi connectivity index (χ0n) is 10.1. The average Bonchev–Trinajstić information content (AvgIpc) is 2.27. The highest BCUT2D eigenvalue weighted by Gasteiger charge is 2.23. The van der Waals surface area contributed by atoms with Crippen molar-refractivity contribution >= 4 is 27.5 Å². The van der Waals surface area contributed by atoms with E-state index in [2.05, 4.69) is 0 Å². The fourth-order valence-electron chi connectivity index (χ4n) is 1.53. The molecule has 0 heterocycles. The molecule has 0 bridgehead atoms. The van der Waals surface area contributed by atoms with Crippen LogP contribution in [0.15, 0.2) is 24.3 Å². The highest BCUT2D eigenvalue weighted by Crippen LogP contribution is 2.15. The van der Waals surface area contributed by atoms with Gasteiger partial charge in [-0.15, -0.1) is 0 Å². The number of amides is 1. The summed E-state index contributed by atoms with van der Waals surface area (Å²) >= 11 is 5.78. The number of carbonyl (C=O) groups excluding carboxylic acids is 1. The third-order valence-electron chi connectivity index (χ3n) is 2.31. The molecule has 1 rings (SSSR count). The number of carbonyl (C=O) groups is 1. The van der Waals surface area contributed by atoms with Crippen molar-refractivity contribution in [3.05, 3.63) is 34.9 Å². The van der Waals surface area contributed by atoms with E-state index in [1.165, 1.54) is 6.07 Å². The van der Waals surface area contributed by atoms with Crippen LogP contribution in [0.25, 0.3) is 0 Å². The van der Waals surface area contributed by atoms with Crippen LogP contribution in [0.2, 0.25) is 5.02 Å². The van der Waals surface area contributed by atoms with Crippen LogP contribution in [0.1, 0.15) is 5.56 Å². The number of primary amides is 1. The number of benzene rings is 1. The Balaban J connectivity index is 2.91. The van der Waals surface area contributed by atoms with Crippen molar-refractivity contribution in [1.82, 2.24) is 4.31 Å². The van der Waals surface area contributed by atoms with E-state index in [4.69, 9.17) is 22.4 Å². The van der Waals surface area contributed by atoms with Gasteiger partial charge in [0.15, 0.2) is 0 Å². The Labute approximate surface area is 116 Å². The molecule has 0 atom stereocenters. The van der Waals surface area contributed by atoms with Crippen LogP contribution < -0.4 is 5.73 Å². The molecule has 0 aromatic heterocycles. The zero-order valence-corrected chi connectivity index (χ0v) is 11.7. The van der Waals surface area contributed by atoms with E-state index in [1.54, 1.807) is 18.2 Å². The molecule has 3 N–H and O–H groups in total. The van der Waals surface area contributed by atoms with Crippen LogP contribution in [0.4, 0.5) is 0 Å². The minimum atomic E-state index is -3.74. The van der Waals surface area contributed by atoms with Crippen LogP contribution in [0.5, 0.6) is 0 Å². The summed E-state index contributed by atoms with van der Waals surface area (Å²) in [4.78, 5) is 10.9. The van der Waals surface area contributed by atoms with Gasteiger partial charge in [-0.25, -0.2) is 8.42 Å². The maximum absolute atomic E-state index is 12.1. The lowest BCUT2D eigenvalue weighted by atomic mass is 10.2. The monoisotopic (exact) mass is 306 g/mol. The first-order valence-corrected chi connectivity index (χ1v) is 7.45. The smallest absolute Gasteiger partial charge is 0.232 e. The maximum atomic E-state index is 12.1. The number of sulfonamides is 1. The number of rotatable bonds is 7. The van der Waals surface area contributed by atoms with Crippen molar-refractivity contribution in [2.24, 2.45) is 5.73 Å². The topological polar surface area (TPSA) is 101 Å². The van der Waals surface area contributed by atoms with Crippen molar-refractivity contribution < 1.29 is 18.3 Å². The third-order valence-corrected chi connectivity index (χ3v) is 4.34. The molecular formula is C11H15ClN2O4S. The van der Waals surface area contributed by atoms with Crippen LogP contribution in [0, 0.1) is 0 Å². The number of aliphatic hydroxyl groups excluding tert-OH is 1. The van der Waals surface area contributed by atoms with E-state index in [0.29, 0.717) is 10.6 Å². The first-order valence-electron chi connectivity index (χ1n) is 5.46. The summed E-state index contributed by atoms with van der Waals surface area (Å²) in [5.74, 6) is -1.08. The first kappa shape index (κ1) is 15.9. The lowest BCUT2D eigenvalue weighted by Crippen LogP contribution is -2.40. The van der Waals surface area contributed by atoms with Gasteiger partial charge >= 0.3 is 0 Å². The average molecular weight is 307 g/mol. The van der Waals surface area contributed by atoms with E-state index < -0.39 is 22.5 Å². The minimum absolute atomic E-state index is 0.175. The number of nitrogens with two attached hydrogens (primary N) is 1. The van der Waals surface area contributed by atoms with E-state index in [0.717, 1.165) is 4.31 Å². The molecule has 0 unspecified atom stereocenters. The molecule has 0 aliphatic carbocycles. The predicted octanol–water partition coefficient (Wildman–Crippen LogP) is -0.0506. The van der Waals surface area contributed by atoms with Gasteiger partial charge in [-0.1, -0.05) is 23.7 Å². The van der Waals surface area contributed by atoms with Gasteiger partial charge in [-0.2, -0.15) is 4.31 Å². The largest absolute Gasteiger partial charge is 0.395 e. The fourth-order valence-corrected chi connectivity index (χ4v) is 3.21. The fraction of sp³-hybridized carbons (Fsp3) is 0.364. The first-order chi connectivity index (χ1) is 8.85. The van der Waals surface area contributed by atoms with Crippen molar-refractivity contribution in [3.63, 3.8) is 0 Å². The van der Waals surface area contributed by atoms with E-state index in [9.17, 15) is 13.2 Å². The standard InChI is InChI=1S/C11H15ClN2O4S/c12-10-3-1-2-9(6-10)8-19(17,18)14(4-5-15)7-11(13)16/h1-3,6,15H,4-5,7-8H2,(H2,13,16). The van der Waals surface area contributed by atoms with Crippen LogP contribution in [0.3, 0.4) is 0 Å². The summed E-state index contributed by atoms with van der Waals surface area (Å²) in [5, 5.41) is 9.27. The highest BCUT2D eigenvalue weighted by molar-refractivity contribution is 7.88. The van der Waals surface area contributed by atoms with Crippen molar-refractivity contribution in [2.45, 2.75) is 5.75 Å². The van der Waals surface area contributed by atoms with Gasteiger partial charge in [0.1, 0.15) is 0 Å². The maximum Gasteiger partial charge on any atom is 0.232 e. The molecule has 0 fully saturated rings. The molecule has 0 aliphatic rings. The second-order valence-corrected chi connectivity index (χ2v) is 6.31. The van der Waals surface area contributed by atoms with Crippen molar-refractivity contribution in [1.29, 1.82) is 0 Å². The molecule has 8 heteroatoms. The third kappa shape index (κ3) is 5.15. The van der Waals surface area contributed by atoms with Gasteiger partial charge in [-0.05, 0) is 17.7 Å². The van der Waals surface area contributed by atoms with Crippen LogP contribution >= 0.6 is 11.6 Å². The summed E-state index contributed by atoms with van der Waals surface area (Å²) in [6.07, 6.45) is 0. The summed E-state index contributed by atoms with van der Waals surface area (Å²) in [6, 6.07) is 6.41. The van der Waals surface area contributed by atoms with Gasteiger partial charge in [0.05, 0.1) is 18.9 Å². The molecule has 1 amide bonds. The Morgan fingerprint density at radius 2 is 2.11 bits per heavy atom. The van der Waals surface area contributed by atoms with Crippen molar-refractivity contribution in [3.8, 4) is 0 Å². The number of hydrogen-bond donors (Lipinski definition) is 2. The normalized spacial score (nSPS) is 11.7. The molecule has 0 aliphatic heterocycles. The SMILES string of the molecule is NC(=O)CN(CCO)S(=O)(=O)Cc1cccc(Cl)c1. The van der Waals surface area contributed by atoms with E-state index in [1.807, 2.05) is 0 Å². The highest BCUT2D eigenvalue weighted by atomic mass is 35.5. The molecule has 0 radical (unpaired) electrons. The predicted molar refractivity (Wildman–Crippen MR) is 71.9 cm³/mol. The Bertz CT molecular complexity index is 547. The minimum Gasteiger partial charge on any atom is -0.395 e. The number of halogens is 1. The Morgan fingerprint density at radius 3 is 2.63 bits per heavy atom. The quantitative estimate of drug-likeness (QED) is 0.737. The Morgan fingerprint density at radius 1 is 1.42 bits per heavy atom. The van der Waals surface area contributed by atoms with Gasteiger partial charge in [0.2, 0.25) is 15.9 Å². The number of hydrogen-bond acceptors (Lipinski definition) is 4. The molecule has 106 valence electrons. The summed E-state index contributed by atoms with van der Waals surface area (Å²) < 4.78 is 25.1. The molecule has 6 nitrogen and oxygen atoms in total. The van der Waals surface area contributed by atoms with E-state index >= 15 is 0 Å². The molecule has 0 saturated heterocycles. The Hall–Kier alpha value is -1.15. The molecular weight excluding hydrogens is 292 g/mol. The Kier molecular flexibility index (Phi) is 5.74. The molecule has 1 aromatic carbocycles. The summed E-state index contributed by atoms with van der Waals surface area (Å²) in [6.45, 7) is -1.02. The van der Waals surface area contributed by atoms with Gasteiger partial charge in [0.25, 0.3) is 0 Å². The summed E-state index contributed by atoms with van der Waals surface area (Å²) in [7, 11) is -3.74. The second-order valence-electron chi connectivity index (χ2n) is 3.91. The zero-order chi connectivity index (χ0) is 14.5. The number of aliphatic hydroxyl groups is 1. The van der Waals surface area contributed by atoms with Crippen LogP contribution in [-0.4, -0.2) is 43.4 Å².